The topological polar surface area (TPSA) is 66.5 Å². The number of benzene rings is 1. The quantitative estimate of drug-likeness (QED) is 0.871. The molecule has 1 aliphatic rings. The van der Waals surface area contributed by atoms with Gasteiger partial charge in [0.15, 0.2) is 9.84 Å². The maximum Gasteiger partial charge on any atom is 0.241 e. The molecular weight excluding hydrogens is 288 g/mol. The van der Waals surface area contributed by atoms with E-state index in [0.29, 0.717) is 11.3 Å². The van der Waals surface area contributed by atoms with Crippen molar-refractivity contribution in [1.82, 2.24) is 4.90 Å². The lowest BCUT2D eigenvalue weighted by Gasteiger charge is -2.16. The Hall–Kier alpha value is -1.56. The summed E-state index contributed by atoms with van der Waals surface area (Å²) in [4.78, 5) is 14.1. The summed E-state index contributed by atoms with van der Waals surface area (Å²) in [6, 6.07) is 6.60. The van der Waals surface area contributed by atoms with E-state index in [1.54, 1.807) is 24.3 Å². The molecule has 2 rings (SSSR count). The molecule has 1 amide bonds. The lowest BCUT2D eigenvalue weighted by molar-refractivity contribution is -0.128. The van der Waals surface area contributed by atoms with Gasteiger partial charge in [-0.3, -0.25) is 4.79 Å². The number of nitrogens with zero attached hydrogens (tertiary/aromatic N) is 1. The molecule has 1 heterocycles. The normalized spacial score (nSPS) is 15.2. The van der Waals surface area contributed by atoms with E-state index in [9.17, 15) is 13.2 Å². The molecule has 1 aliphatic heterocycles. The van der Waals surface area contributed by atoms with Gasteiger partial charge in [0.1, 0.15) is 0 Å². The number of hydrogen-bond acceptors (Lipinski definition) is 4. The molecule has 1 aromatic carbocycles. The van der Waals surface area contributed by atoms with Crippen LogP contribution in [0.15, 0.2) is 29.2 Å². The van der Waals surface area contributed by atoms with Crippen molar-refractivity contribution in [1.29, 1.82) is 0 Å². The third-order valence-electron chi connectivity index (χ3n) is 3.59. The number of rotatable bonds is 6. The number of amides is 1. The predicted molar refractivity (Wildman–Crippen MR) is 83.1 cm³/mol. The van der Waals surface area contributed by atoms with E-state index in [0.717, 1.165) is 31.6 Å². The molecule has 21 heavy (non-hydrogen) atoms. The van der Waals surface area contributed by atoms with Gasteiger partial charge in [0.25, 0.3) is 0 Å². The molecule has 1 fully saturated rings. The van der Waals surface area contributed by atoms with E-state index >= 15 is 0 Å². The fourth-order valence-corrected chi connectivity index (χ4v) is 3.75. The highest BCUT2D eigenvalue weighted by Crippen LogP contribution is 2.16. The summed E-state index contributed by atoms with van der Waals surface area (Å²) >= 11 is 0. The number of anilines is 1. The van der Waals surface area contributed by atoms with Crippen molar-refractivity contribution in [2.45, 2.75) is 31.1 Å². The van der Waals surface area contributed by atoms with Gasteiger partial charge in [-0.15, -0.1) is 0 Å². The molecule has 1 saturated heterocycles. The monoisotopic (exact) mass is 310 g/mol. The summed E-state index contributed by atoms with van der Waals surface area (Å²) in [6.45, 7) is 3.78. The van der Waals surface area contributed by atoms with E-state index < -0.39 is 9.84 Å². The number of hydrogen-bond donors (Lipinski definition) is 1. The van der Waals surface area contributed by atoms with Crippen molar-refractivity contribution >= 4 is 21.4 Å². The van der Waals surface area contributed by atoms with Crippen LogP contribution in [0.2, 0.25) is 0 Å². The summed E-state index contributed by atoms with van der Waals surface area (Å²) in [5.74, 6) is 0.253. The Bertz CT molecular complexity index is 575. The van der Waals surface area contributed by atoms with Crippen LogP contribution in [0.4, 0.5) is 5.69 Å². The van der Waals surface area contributed by atoms with E-state index in [1.807, 2.05) is 11.8 Å². The zero-order valence-corrected chi connectivity index (χ0v) is 13.2. The smallest absolute Gasteiger partial charge is 0.241 e. The third kappa shape index (κ3) is 4.20. The van der Waals surface area contributed by atoms with Gasteiger partial charge in [0.05, 0.1) is 17.2 Å². The molecule has 6 heteroatoms. The van der Waals surface area contributed by atoms with Gasteiger partial charge in [-0.1, -0.05) is 6.92 Å². The Morgan fingerprint density at radius 1 is 1.19 bits per heavy atom. The van der Waals surface area contributed by atoms with Crippen LogP contribution >= 0.6 is 0 Å². The second-order valence-electron chi connectivity index (χ2n) is 5.28. The molecule has 0 aromatic heterocycles. The average Bonchev–Trinajstić information content (AvgIpc) is 2.99. The molecule has 116 valence electrons. The molecule has 0 spiro atoms. The number of carbonyl (C=O) groups excluding carboxylic acids is 1. The van der Waals surface area contributed by atoms with Crippen LogP contribution < -0.4 is 5.32 Å². The second-order valence-corrected chi connectivity index (χ2v) is 7.39. The van der Waals surface area contributed by atoms with E-state index in [1.165, 1.54) is 0 Å². The van der Waals surface area contributed by atoms with E-state index in [4.69, 9.17) is 0 Å². The molecule has 0 bridgehead atoms. The molecule has 0 saturated carbocycles. The SMILES string of the molecule is CCCS(=O)(=O)c1ccc(NCC(=O)N2CCCC2)cc1. The number of likely N-dealkylation sites (tertiary alicyclic amines) is 1. The highest BCUT2D eigenvalue weighted by Gasteiger charge is 2.17. The van der Waals surface area contributed by atoms with Gasteiger partial charge in [-0.05, 0) is 43.5 Å². The summed E-state index contributed by atoms with van der Waals surface area (Å²) < 4.78 is 23.8. The van der Waals surface area contributed by atoms with Crippen LogP contribution in [-0.2, 0) is 14.6 Å². The molecule has 1 aromatic rings. The van der Waals surface area contributed by atoms with Gasteiger partial charge in [-0.2, -0.15) is 0 Å². The first-order chi connectivity index (χ1) is 10.0. The molecule has 0 radical (unpaired) electrons. The minimum absolute atomic E-state index is 0.0928. The Labute approximate surface area is 126 Å². The molecule has 0 atom stereocenters. The first-order valence-electron chi connectivity index (χ1n) is 7.37. The molecule has 1 N–H and O–H groups in total. The molecule has 5 nitrogen and oxygen atoms in total. The Morgan fingerprint density at radius 2 is 1.81 bits per heavy atom. The van der Waals surface area contributed by atoms with Crippen LogP contribution in [0.5, 0.6) is 0 Å². The Kier molecular flexibility index (Phi) is 5.22. The number of nitrogens with one attached hydrogen (secondary N) is 1. The van der Waals surface area contributed by atoms with Crippen molar-refractivity contribution in [3.63, 3.8) is 0 Å². The van der Waals surface area contributed by atoms with E-state index in [2.05, 4.69) is 5.32 Å². The molecule has 0 unspecified atom stereocenters. The van der Waals surface area contributed by atoms with Gasteiger partial charge >= 0.3 is 0 Å². The summed E-state index contributed by atoms with van der Waals surface area (Å²) in [5, 5.41) is 3.05. The van der Waals surface area contributed by atoms with Crippen LogP contribution in [-0.4, -0.2) is 44.6 Å². The maximum atomic E-state index is 11.9. The highest BCUT2D eigenvalue weighted by atomic mass is 32.2. The number of carbonyl (C=O) groups is 1. The predicted octanol–water partition coefficient (Wildman–Crippen LogP) is 1.90. The minimum Gasteiger partial charge on any atom is -0.376 e. The summed E-state index contributed by atoms with van der Waals surface area (Å²) in [6.07, 6.45) is 2.76. The van der Waals surface area contributed by atoms with Crippen molar-refractivity contribution in [3.8, 4) is 0 Å². The van der Waals surface area contributed by atoms with Crippen LogP contribution in [0.25, 0.3) is 0 Å². The van der Waals surface area contributed by atoms with Crippen LogP contribution in [0.3, 0.4) is 0 Å². The Morgan fingerprint density at radius 3 is 2.38 bits per heavy atom. The van der Waals surface area contributed by atoms with Crippen LogP contribution in [0.1, 0.15) is 26.2 Å². The fourth-order valence-electron chi connectivity index (χ4n) is 2.42. The lowest BCUT2D eigenvalue weighted by atomic mass is 10.3. The summed E-state index contributed by atoms with van der Waals surface area (Å²) in [5.41, 5.74) is 0.762. The largest absolute Gasteiger partial charge is 0.376 e. The van der Waals surface area contributed by atoms with Crippen molar-refractivity contribution < 1.29 is 13.2 Å². The van der Waals surface area contributed by atoms with Gasteiger partial charge < -0.3 is 10.2 Å². The van der Waals surface area contributed by atoms with E-state index in [-0.39, 0.29) is 18.2 Å². The average molecular weight is 310 g/mol. The maximum absolute atomic E-state index is 11.9. The summed E-state index contributed by atoms with van der Waals surface area (Å²) in [7, 11) is -3.17. The van der Waals surface area contributed by atoms with Crippen molar-refractivity contribution in [2.24, 2.45) is 0 Å². The van der Waals surface area contributed by atoms with Gasteiger partial charge in [0, 0.05) is 18.8 Å². The molecule has 0 aliphatic carbocycles. The number of sulfone groups is 1. The lowest BCUT2D eigenvalue weighted by Crippen LogP contribution is -2.32. The van der Waals surface area contributed by atoms with Crippen LogP contribution in [0, 0.1) is 0 Å². The van der Waals surface area contributed by atoms with Crippen molar-refractivity contribution in [3.05, 3.63) is 24.3 Å². The van der Waals surface area contributed by atoms with Crippen molar-refractivity contribution in [2.75, 3.05) is 30.7 Å². The fraction of sp³-hybridized carbons (Fsp3) is 0.533. The molecular formula is C15H22N2O3S. The second kappa shape index (κ2) is 6.93. The first kappa shape index (κ1) is 15.8. The van der Waals surface area contributed by atoms with Gasteiger partial charge in [-0.25, -0.2) is 8.42 Å². The standard InChI is InChI=1S/C15H22N2O3S/c1-2-11-21(19,20)14-7-5-13(6-8-14)16-12-15(18)17-9-3-4-10-17/h5-8,16H,2-4,9-12H2,1H3. The van der Waals surface area contributed by atoms with Gasteiger partial charge in [0.2, 0.25) is 5.91 Å². The third-order valence-corrected chi connectivity index (χ3v) is 5.52. The zero-order chi connectivity index (χ0) is 15.3. The first-order valence-corrected chi connectivity index (χ1v) is 9.02. The zero-order valence-electron chi connectivity index (χ0n) is 12.3. The minimum atomic E-state index is -3.17. The highest BCUT2D eigenvalue weighted by molar-refractivity contribution is 7.91. The Balaban J connectivity index is 1.92.